The van der Waals surface area contributed by atoms with Crippen LogP contribution in [0.15, 0.2) is 18.2 Å². The van der Waals surface area contributed by atoms with Gasteiger partial charge in [0.1, 0.15) is 0 Å². The molecule has 0 spiro atoms. The third-order valence-electron chi connectivity index (χ3n) is 2.90. The lowest BCUT2D eigenvalue weighted by Crippen LogP contribution is -2.42. The van der Waals surface area contributed by atoms with Crippen LogP contribution in [0.25, 0.3) is 0 Å². The predicted molar refractivity (Wildman–Crippen MR) is 74.6 cm³/mol. The Labute approximate surface area is 129 Å². The first kappa shape index (κ1) is 16.4. The number of urea groups is 1. The maximum absolute atomic E-state index is 12.5. The Morgan fingerprint density at radius 3 is 2.50 bits per heavy atom. The van der Waals surface area contributed by atoms with E-state index in [1.807, 2.05) is 0 Å². The molecule has 0 atom stereocenters. The fraction of sp³-hybridized carbons (Fsp3) is 0.385. The quantitative estimate of drug-likeness (QED) is 0.792. The van der Waals surface area contributed by atoms with Gasteiger partial charge in [0.05, 0.1) is 22.8 Å². The fourth-order valence-electron chi connectivity index (χ4n) is 1.63. The fourth-order valence-corrected chi connectivity index (χ4v) is 1.88. The summed E-state index contributed by atoms with van der Waals surface area (Å²) in [5.74, 6) is -0.617. The highest BCUT2D eigenvalue weighted by molar-refractivity contribution is 6.33. The van der Waals surface area contributed by atoms with Crippen LogP contribution in [0, 0.1) is 0 Å². The summed E-state index contributed by atoms with van der Waals surface area (Å²) in [4.78, 5) is 22.8. The van der Waals surface area contributed by atoms with Crippen LogP contribution in [-0.4, -0.2) is 24.5 Å². The topological polar surface area (TPSA) is 70.2 Å². The van der Waals surface area contributed by atoms with Crippen LogP contribution in [0.2, 0.25) is 5.02 Å². The molecule has 0 bridgehead atoms. The van der Waals surface area contributed by atoms with Crippen LogP contribution in [-0.2, 0) is 11.0 Å². The van der Waals surface area contributed by atoms with Crippen LogP contribution < -0.4 is 16.0 Å². The van der Waals surface area contributed by atoms with E-state index in [9.17, 15) is 22.8 Å². The number of benzene rings is 1. The van der Waals surface area contributed by atoms with Gasteiger partial charge >= 0.3 is 12.2 Å². The second-order valence-corrected chi connectivity index (χ2v) is 5.25. The van der Waals surface area contributed by atoms with E-state index in [1.165, 1.54) is 0 Å². The van der Waals surface area contributed by atoms with Gasteiger partial charge in [-0.2, -0.15) is 13.2 Å². The number of carbonyl (C=O) groups is 2. The summed E-state index contributed by atoms with van der Waals surface area (Å²) in [7, 11) is 0. The summed E-state index contributed by atoms with van der Waals surface area (Å²) in [5.41, 5.74) is -0.705. The summed E-state index contributed by atoms with van der Waals surface area (Å²) in [6.07, 6.45) is -2.71. The van der Waals surface area contributed by atoms with E-state index < -0.39 is 23.7 Å². The van der Waals surface area contributed by atoms with Gasteiger partial charge in [0.15, 0.2) is 0 Å². The maximum atomic E-state index is 12.5. The van der Waals surface area contributed by atoms with Crippen LogP contribution >= 0.6 is 11.6 Å². The standard InChI is InChI=1S/C13H13ClF3N3O2/c14-9-5-7(13(15,16)17)1-4-10(9)18-6-11(21)20-12(22)19-8-2-3-8/h1,4-5,8,18H,2-3,6H2,(H2,19,20,21,22). The molecule has 2 rings (SSSR count). The van der Waals surface area contributed by atoms with Gasteiger partial charge in [0, 0.05) is 6.04 Å². The van der Waals surface area contributed by atoms with Gasteiger partial charge in [0.2, 0.25) is 5.91 Å². The molecule has 120 valence electrons. The summed E-state index contributed by atoms with van der Waals surface area (Å²) in [5, 5.41) is 7.08. The van der Waals surface area contributed by atoms with Gasteiger partial charge in [-0.05, 0) is 31.0 Å². The molecule has 1 aliphatic carbocycles. The highest BCUT2D eigenvalue weighted by Gasteiger charge is 2.31. The van der Waals surface area contributed by atoms with E-state index in [1.54, 1.807) is 0 Å². The molecule has 3 amide bonds. The van der Waals surface area contributed by atoms with Gasteiger partial charge in [-0.1, -0.05) is 11.6 Å². The van der Waals surface area contributed by atoms with Gasteiger partial charge in [-0.3, -0.25) is 10.1 Å². The van der Waals surface area contributed by atoms with Crippen molar-refractivity contribution in [3.63, 3.8) is 0 Å². The first-order chi connectivity index (χ1) is 10.3. The molecule has 0 aromatic heterocycles. The summed E-state index contributed by atoms with van der Waals surface area (Å²) < 4.78 is 37.4. The van der Waals surface area contributed by atoms with Gasteiger partial charge < -0.3 is 10.6 Å². The molecule has 1 fully saturated rings. The lowest BCUT2D eigenvalue weighted by Gasteiger charge is -2.11. The second kappa shape index (κ2) is 6.43. The number of alkyl halides is 3. The molecule has 1 aromatic rings. The monoisotopic (exact) mass is 335 g/mol. The normalized spacial score (nSPS) is 14.4. The lowest BCUT2D eigenvalue weighted by atomic mass is 10.2. The Morgan fingerprint density at radius 2 is 1.95 bits per heavy atom. The minimum absolute atomic E-state index is 0.116. The summed E-state index contributed by atoms with van der Waals surface area (Å²) >= 11 is 5.73. The number of anilines is 1. The first-order valence-electron chi connectivity index (χ1n) is 6.46. The molecule has 22 heavy (non-hydrogen) atoms. The largest absolute Gasteiger partial charge is 0.416 e. The zero-order valence-corrected chi connectivity index (χ0v) is 12.0. The first-order valence-corrected chi connectivity index (χ1v) is 6.84. The van der Waals surface area contributed by atoms with E-state index in [4.69, 9.17) is 11.6 Å². The molecule has 1 aromatic carbocycles. The number of amides is 3. The average molecular weight is 336 g/mol. The molecule has 0 unspecified atom stereocenters. The van der Waals surface area contributed by atoms with Crippen molar-refractivity contribution in [2.75, 3.05) is 11.9 Å². The van der Waals surface area contributed by atoms with Crippen molar-refractivity contribution < 1.29 is 22.8 Å². The molecule has 0 heterocycles. The van der Waals surface area contributed by atoms with Crippen molar-refractivity contribution >= 4 is 29.2 Å². The van der Waals surface area contributed by atoms with Crippen LogP contribution in [0.4, 0.5) is 23.7 Å². The molecule has 3 N–H and O–H groups in total. The van der Waals surface area contributed by atoms with Gasteiger partial charge in [-0.25, -0.2) is 4.79 Å². The number of carbonyl (C=O) groups excluding carboxylic acids is 2. The number of hydrogen-bond donors (Lipinski definition) is 3. The minimum Gasteiger partial charge on any atom is -0.375 e. The van der Waals surface area contributed by atoms with E-state index in [-0.39, 0.29) is 23.3 Å². The van der Waals surface area contributed by atoms with Gasteiger partial charge in [-0.15, -0.1) is 0 Å². The lowest BCUT2D eigenvalue weighted by molar-refractivity contribution is -0.137. The van der Waals surface area contributed by atoms with E-state index >= 15 is 0 Å². The molecular weight excluding hydrogens is 323 g/mol. The zero-order chi connectivity index (χ0) is 16.3. The summed E-state index contributed by atoms with van der Waals surface area (Å²) in [6.45, 7) is -0.289. The van der Waals surface area contributed by atoms with Crippen molar-refractivity contribution in [1.82, 2.24) is 10.6 Å². The SMILES string of the molecule is O=C(CNc1ccc(C(F)(F)F)cc1Cl)NC(=O)NC1CC1. The molecule has 0 aliphatic heterocycles. The Hall–Kier alpha value is -1.96. The Balaban J connectivity index is 1.85. The molecule has 0 radical (unpaired) electrons. The highest BCUT2D eigenvalue weighted by atomic mass is 35.5. The third-order valence-corrected chi connectivity index (χ3v) is 3.21. The minimum atomic E-state index is -4.49. The van der Waals surface area contributed by atoms with Crippen molar-refractivity contribution in [3.8, 4) is 0 Å². The average Bonchev–Trinajstić information content (AvgIpc) is 3.19. The maximum Gasteiger partial charge on any atom is 0.416 e. The zero-order valence-electron chi connectivity index (χ0n) is 11.3. The number of rotatable bonds is 4. The molecule has 9 heteroatoms. The number of imide groups is 1. The third kappa shape index (κ3) is 4.80. The number of hydrogen-bond acceptors (Lipinski definition) is 3. The Bertz CT molecular complexity index is 588. The summed E-state index contributed by atoms with van der Waals surface area (Å²) in [6, 6.07) is 2.27. The molecule has 5 nitrogen and oxygen atoms in total. The van der Waals surface area contributed by atoms with Crippen molar-refractivity contribution in [2.24, 2.45) is 0 Å². The molecule has 0 saturated heterocycles. The van der Waals surface area contributed by atoms with E-state index in [0.29, 0.717) is 0 Å². The van der Waals surface area contributed by atoms with Crippen molar-refractivity contribution in [1.29, 1.82) is 0 Å². The van der Waals surface area contributed by atoms with Crippen molar-refractivity contribution in [3.05, 3.63) is 28.8 Å². The predicted octanol–water partition coefficient (Wildman–Crippen LogP) is 2.76. The van der Waals surface area contributed by atoms with Crippen LogP contribution in [0.3, 0.4) is 0 Å². The Morgan fingerprint density at radius 1 is 1.27 bits per heavy atom. The Kier molecular flexibility index (Phi) is 4.80. The molecule has 1 saturated carbocycles. The van der Waals surface area contributed by atoms with Crippen LogP contribution in [0.1, 0.15) is 18.4 Å². The van der Waals surface area contributed by atoms with Gasteiger partial charge in [0.25, 0.3) is 0 Å². The number of nitrogens with one attached hydrogen (secondary N) is 3. The van der Waals surface area contributed by atoms with Crippen molar-refractivity contribution in [2.45, 2.75) is 25.1 Å². The smallest absolute Gasteiger partial charge is 0.375 e. The molecular formula is C13H13ClF3N3O2. The van der Waals surface area contributed by atoms with Crippen LogP contribution in [0.5, 0.6) is 0 Å². The number of halogens is 4. The van der Waals surface area contributed by atoms with E-state index in [0.717, 1.165) is 31.0 Å². The second-order valence-electron chi connectivity index (χ2n) is 4.84. The van der Waals surface area contributed by atoms with E-state index in [2.05, 4.69) is 16.0 Å². The highest BCUT2D eigenvalue weighted by Crippen LogP contribution is 2.33. The molecule has 1 aliphatic rings.